The second-order valence-corrected chi connectivity index (χ2v) is 5.48. The third kappa shape index (κ3) is 1.59. The molecular formula is C8H11Cl3O. The summed E-state index contributed by atoms with van der Waals surface area (Å²) in [6.45, 7) is 3.93. The first-order valence-corrected chi connectivity index (χ1v) is 5.14. The Morgan fingerprint density at radius 1 is 1.50 bits per heavy atom. The Balaban J connectivity index is 2.62. The molecule has 0 radical (unpaired) electrons. The number of ketones is 1. The van der Waals surface area contributed by atoms with Crippen LogP contribution in [0.1, 0.15) is 20.3 Å². The molecule has 1 rings (SSSR count). The summed E-state index contributed by atoms with van der Waals surface area (Å²) in [7, 11) is 0. The van der Waals surface area contributed by atoms with E-state index in [0.717, 1.165) is 0 Å². The maximum Gasteiger partial charge on any atom is 0.155 e. The van der Waals surface area contributed by atoms with E-state index in [0.29, 0.717) is 6.42 Å². The highest BCUT2D eigenvalue weighted by atomic mass is 35.5. The third-order valence-electron chi connectivity index (χ3n) is 2.56. The fourth-order valence-electron chi connectivity index (χ4n) is 1.59. The molecule has 12 heavy (non-hydrogen) atoms. The van der Waals surface area contributed by atoms with Gasteiger partial charge in [0.05, 0.1) is 5.38 Å². The quantitative estimate of drug-likeness (QED) is 0.665. The number of carbonyl (C=O) groups excluding carboxylic acids is 1. The van der Waals surface area contributed by atoms with Gasteiger partial charge in [0.2, 0.25) is 0 Å². The van der Waals surface area contributed by atoms with Crippen molar-refractivity contribution in [2.24, 2.45) is 11.3 Å². The molecule has 1 saturated carbocycles. The Bertz CT molecular complexity index is 200. The van der Waals surface area contributed by atoms with Crippen LogP contribution >= 0.6 is 34.8 Å². The van der Waals surface area contributed by atoms with E-state index in [2.05, 4.69) is 0 Å². The zero-order valence-electron chi connectivity index (χ0n) is 6.98. The molecule has 1 aliphatic carbocycles. The van der Waals surface area contributed by atoms with Crippen LogP contribution in [0.15, 0.2) is 0 Å². The lowest BCUT2D eigenvalue weighted by Crippen LogP contribution is -2.56. The van der Waals surface area contributed by atoms with Crippen LogP contribution in [-0.4, -0.2) is 16.0 Å². The number of Topliss-reactive ketones (excluding diaryl/α,β-unsaturated/α-hetero) is 1. The molecule has 0 heterocycles. The molecular weight excluding hydrogens is 218 g/mol. The smallest absolute Gasteiger partial charge is 0.155 e. The summed E-state index contributed by atoms with van der Waals surface area (Å²) in [5.41, 5.74) is -0.152. The number of alkyl halides is 3. The summed E-state index contributed by atoms with van der Waals surface area (Å²) in [4.78, 5) is 10.8. The van der Waals surface area contributed by atoms with Crippen molar-refractivity contribution in [2.45, 2.75) is 30.5 Å². The molecule has 1 nitrogen and oxygen atoms in total. The van der Waals surface area contributed by atoms with E-state index in [1.54, 1.807) is 0 Å². The van der Waals surface area contributed by atoms with Crippen LogP contribution in [0.4, 0.5) is 0 Å². The summed E-state index contributed by atoms with van der Waals surface area (Å²) in [5.74, 6) is 0.00738. The molecule has 0 aromatic heterocycles. The Labute approximate surface area is 87.4 Å². The molecule has 4 heteroatoms. The first-order valence-electron chi connectivity index (χ1n) is 3.83. The zero-order valence-corrected chi connectivity index (χ0v) is 9.25. The van der Waals surface area contributed by atoms with Crippen molar-refractivity contribution >= 4 is 40.6 Å². The van der Waals surface area contributed by atoms with Gasteiger partial charge in [0.15, 0.2) is 5.78 Å². The number of rotatable bonds is 2. The Morgan fingerprint density at radius 3 is 2.33 bits per heavy atom. The molecule has 0 aromatic rings. The van der Waals surface area contributed by atoms with E-state index in [-0.39, 0.29) is 22.5 Å². The van der Waals surface area contributed by atoms with Gasteiger partial charge in [-0.1, -0.05) is 13.8 Å². The molecule has 2 atom stereocenters. The minimum Gasteiger partial charge on any atom is -0.298 e. The number of hydrogen-bond acceptors (Lipinski definition) is 1. The molecule has 0 aromatic carbocycles. The first kappa shape index (κ1) is 10.6. The molecule has 0 aliphatic heterocycles. The zero-order chi connectivity index (χ0) is 9.52. The van der Waals surface area contributed by atoms with Crippen molar-refractivity contribution in [2.75, 3.05) is 0 Å². The largest absolute Gasteiger partial charge is 0.298 e. The van der Waals surface area contributed by atoms with Gasteiger partial charge in [-0.05, 0) is 11.8 Å². The molecule has 1 fully saturated rings. The van der Waals surface area contributed by atoms with Gasteiger partial charge in [-0.2, -0.15) is 0 Å². The molecule has 1 aliphatic rings. The lowest BCUT2D eigenvalue weighted by Gasteiger charge is -2.47. The molecule has 0 amide bonds. The molecule has 0 N–H and O–H groups in total. The van der Waals surface area contributed by atoms with Crippen molar-refractivity contribution in [3.8, 4) is 0 Å². The highest BCUT2D eigenvalue weighted by molar-refractivity contribution is 6.44. The maximum atomic E-state index is 11.3. The second kappa shape index (κ2) is 3.36. The molecule has 0 bridgehead atoms. The SMILES string of the molecule is CC1(C)C(Cl)C(=O)C1CC(Cl)Cl. The fourth-order valence-corrected chi connectivity index (χ4v) is 2.25. The van der Waals surface area contributed by atoms with Gasteiger partial charge in [-0.3, -0.25) is 4.79 Å². The Morgan fingerprint density at radius 2 is 2.00 bits per heavy atom. The summed E-state index contributed by atoms with van der Waals surface area (Å²) in [6.07, 6.45) is 0.512. The Hall–Kier alpha value is 0.540. The van der Waals surface area contributed by atoms with Gasteiger partial charge in [-0.15, -0.1) is 34.8 Å². The van der Waals surface area contributed by atoms with Gasteiger partial charge >= 0.3 is 0 Å². The summed E-state index contributed by atoms with van der Waals surface area (Å²) < 4.78 is 0. The number of carbonyl (C=O) groups is 1. The molecule has 2 unspecified atom stereocenters. The Kier molecular flexibility index (Phi) is 2.97. The predicted molar refractivity (Wildman–Crippen MR) is 52.0 cm³/mol. The minimum atomic E-state index is -0.470. The normalized spacial score (nSPS) is 33.7. The highest BCUT2D eigenvalue weighted by Crippen LogP contribution is 2.49. The van der Waals surface area contributed by atoms with E-state index >= 15 is 0 Å². The van der Waals surface area contributed by atoms with E-state index in [1.165, 1.54) is 0 Å². The van der Waals surface area contributed by atoms with E-state index in [4.69, 9.17) is 34.8 Å². The lowest BCUT2D eigenvalue weighted by atomic mass is 9.60. The van der Waals surface area contributed by atoms with Gasteiger partial charge in [0.25, 0.3) is 0 Å². The average Bonchev–Trinajstić information content (AvgIpc) is 1.98. The van der Waals surface area contributed by atoms with Gasteiger partial charge in [0.1, 0.15) is 4.84 Å². The predicted octanol–water partition coefficient (Wildman–Crippen LogP) is 3.01. The van der Waals surface area contributed by atoms with Crippen molar-refractivity contribution < 1.29 is 4.79 Å². The number of hydrogen-bond donors (Lipinski definition) is 0. The summed E-state index contributed by atoms with van der Waals surface area (Å²) in [5, 5.41) is -0.366. The second-order valence-electron chi connectivity index (χ2n) is 3.77. The third-order valence-corrected chi connectivity index (χ3v) is 3.69. The highest BCUT2D eigenvalue weighted by Gasteiger charge is 2.55. The van der Waals surface area contributed by atoms with Crippen LogP contribution in [0.5, 0.6) is 0 Å². The molecule has 70 valence electrons. The van der Waals surface area contributed by atoms with Crippen LogP contribution in [0.2, 0.25) is 0 Å². The van der Waals surface area contributed by atoms with Gasteiger partial charge in [0, 0.05) is 5.92 Å². The number of halogens is 3. The van der Waals surface area contributed by atoms with Crippen LogP contribution in [0, 0.1) is 11.3 Å². The fraction of sp³-hybridized carbons (Fsp3) is 0.875. The van der Waals surface area contributed by atoms with E-state index in [9.17, 15) is 4.79 Å². The molecule has 0 saturated heterocycles. The maximum absolute atomic E-state index is 11.3. The van der Waals surface area contributed by atoms with Crippen LogP contribution in [-0.2, 0) is 4.79 Å². The topological polar surface area (TPSA) is 17.1 Å². The van der Waals surface area contributed by atoms with Gasteiger partial charge < -0.3 is 0 Å². The van der Waals surface area contributed by atoms with Crippen molar-refractivity contribution in [3.05, 3.63) is 0 Å². The van der Waals surface area contributed by atoms with E-state index < -0.39 is 4.84 Å². The van der Waals surface area contributed by atoms with Crippen LogP contribution in [0.25, 0.3) is 0 Å². The van der Waals surface area contributed by atoms with Gasteiger partial charge in [-0.25, -0.2) is 0 Å². The lowest BCUT2D eigenvalue weighted by molar-refractivity contribution is -0.139. The average molecular weight is 230 g/mol. The molecule has 0 spiro atoms. The minimum absolute atomic E-state index is 0.0694. The van der Waals surface area contributed by atoms with Crippen molar-refractivity contribution in [1.82, 2.24) is 0 Å². The summed E-state index contributed by atoms with van der Waals surface area (Å²) in [6, 6.07) is 0. The standard InChI is InChI=1S/C8H11Cl3O/c1-8(2)4(3-5(9)10)6(12)7(8)11/h4-5,7H,3H2,1-2H3. The van der Waals surface area contributed by atoms with Crippen molar-refractivity contribution in [3.63, 3.8) is 0 Å². The first-order chi connectivity index (χ1) is 5.37. The van der Waals surface area contributed by atoms with Crippen molar-refractivity contribution in [1.29, 1.82) is 0 Å². The van der Waals surface area contributed by atoms with E-state index in [1.807, 2.05) is 13.8 Å². The van der Waals surface area contributed by atoms with Crippen LogP contribution in [0.3, 0.4) is 0 Å². The van der Waals surface area contributed by atoms with Crippen LogP contribution < -0.4 is 0 Å². The monoisotopic (exact) mass is 228 g/mol. The summed E-state index contributed by atoms with van der Waals surface area (Å²) >= 11 is 17.0.